The highest BCUT2D eigenvalue weighted by molar-refractivity contribution is 7.15. The van der Waals surface area contributed by atoms with Crippen molar-refractivity contribution in [3.05, 3.63) is 40.8 Å². The molecule has 1 aromatic carbocycles. The highest BCUT2D eigenvalue weighted by Gasteiger charge is 2.38. The summed E-state index contributed by atoms with van der Waals surface area (Å²) in [5.41, 5.74) is 6.30. The quantitative estimate of drug-likeness (QED) is 0.939. The van der Waals surface area contributed by atoms with E-state index in [4.69, 9.17) is 5.73 Å². The third-order valence-electron chi connectivity index (χ3n) is 3.65. The van der Waals surface area contributed by atoms with Gasteiger partial charge in [0.25, 0.3) is 5.91 Å². The Balaban J connectivity index is 1.96. The highest BCUT2D eigenvalue weighted by atomic mass is 32.1. The maximum absolute atomic E-state index is 13.1. The summed E-state index contributed by atoms with van der Waals surface area (Å²) >= 11 is 1.37. The maximum Gasteiger partial charge on any atom is 0.274 e. The number of carbonyl (C=O) groups is 2. The summed E-state index contributed by atoms with van der Waals surface area (Å²) in [6.45, 7) is 2.29. The number of hydrogen-bond acceptors (Lipinski definition) is 4. The van der Waals surface area contributed by atoms with Crippen molar-refractivity contribution >= 4 is 23.2 Å². The number of amides is 2. The predicted molar refractivity (Wildman–Crippen MR) is 80.9 cm³/mol. The van der Waals surface area contributed by atoms with E-state index >= 15 is 0 Å². The molecule has 114 valence electrons. The van der Waals surface area contributed by atoms with Crippen molar-refractivity contribution in [2.75, 3.05) is 6.54 Å². The SMILES string of the molecule is Cc1nc(C(=O)N2CCC2C(N)=O)c(-c2ccc(F)cc2)s1. The molecule has 1 saturated heterocycles. The fraction of sp³-hybridized carbons (Fsp3) is 0.267. The number of halogens is 1. The Morgan fingerprint density at radius 3 is 2.59 bits per heavy atom. The third kappa shape index (κ3) is 2.48. The van der Waals surface area contributed by atoms with Crippen LogP contribution in [-0.2, 0) is 4.79 Å². The van der Waals surface area contributed by atoms with E-state index in [-0.39, 0.29) is 11.7 Å². The second-order valence-corrected chi connectivity index (χ2v) is 6.33. The van der Waals surface area contributed by atoms with Gasteiger partial charge in [-0.1, -0.05) is 12.1 Å². The minimum Gasteiger partial charge on any atom is -0.368 e. The summed E-state index contributed by atoms with van der Waals surface area (Å²) in [7, 11) is 0. The van der Waals surface area contributed by atoms with Gasteiger partial charge in [-0.15, -0.1) is 11.3 Å². The summed E-state index contributed by atoms with van der Waals surface area (Å²) in [5, 5.41) is 0.735. The maximum atomic E-state index is 13.1. The number of aryl methyl sites for hydroxylation is 1. The van der Waals surface area contributed by atoms with Crippen LogP contribution in [-0.4, -0.2) is 34.3 Å². The number of benzene rings is 1. The molecule has 2 N–H and O–H groups in total. The van der Waals surface area contributed by atoms with Gasteiger partial charge < -0.3 is 10.6 Å². The van der Waals surface area contributed by atoms with E-state index in [1.807, 2.05) is 0 Å². The van der Waals surface area contributed by atoms with Crippen LogP contribution in [0.1, 0.15) is 21.9 Å². The molecule has 5 nitrogen and oxygen atoms in total. The van der Waals surface area contributed by atoms with Crippen LogP contribution in [0.3, 0.4) is 0 Å². The van der Waals surface area contributed by atoms with E-state index in [1.54, 1.807) is 19.1 Å². The molecule has 1 fully saturated rings. The minimum atomic E-state index is -0.560. The van der Waals surface area contributed by atoms with Crippen LogP contribution >= 0.6 is 11.3 Å². The van der Waals surface area contributed by atoms with Crippen molar-refractivity contribution in [3.63, 3.8) is 0 Å². The van der Waals surface area contributed by atoms with Gasteiger partial charge in [-0.25, -0.2) is 9.37 Å². The van der Waals surface area contributed by atoms with E-state index in [0.717, 1.165) is 10.6 Å². The zero-order valence-electron chi connectivity index (χ0n) is 11.9. The average Bonchev–Trinajstić information content (AvgIpc) is 2.79. The number of hydrogen-bond donors (Lipinski definition) is 1. The number of rotatable bonds is 3. The molecule has 3 rings (SSSR count). The van der Waals surface area contributed by atoms with Gasteiger partial charge in [-0.2, -0.15) is 0 Å². The van der Waals surface area contributed by atoms with Gasteiger partial charge >= 0.3 is 0 Å². The highest BCUT2D eigenvalue weighted by Crippen LogP contribution is 2.32. The molecule has 1 atom stereocenters. The molecule has 2 aromatic rings. The molecule has 1 aliphatic heterocycles. The summed E-state index contributed by atoms with van der Waals surface area (Å²) in [4.78, 5) is 30.3. The normalized spacial score (nSPS) is 17.2. The Bertz CT molecular complexity index is 742. The number of nitrogens with zero attached hydrogens (tertiary/aromatic N) is 2. The minimum absolute atomic E-state index is 0.292. The average molecular weight is 319 g/mol. The molecular formula is C15H14FN3O2S. The molecule has 0 saturated carbocycles. The second kappa shape index (κ2) is 5.49. The van der Waals surface area contributed by atoms with Crippen molar-refractivity contribution in [3.8, 4) is 10.4 Å². The van der Waals surface area contributed by atoms with Gasteiger partial charge in [0, 0.05) is 6.54 Å². The molecular weight excluding hydrogens is 305 g/mol. The first-order valence-electron chi connectivity index (χ1n) is 6.81. The van der Waals surface area contributed by atoms with E-state index in [1.165, 1.54) is 28.4 Å². The molecule has 7 heteroatoms. The van der Waals surface area contributed by atoms with Crippen LogP contribution in [0.5, 0.6) is 0 Å². The standard InChI is InChI=1S/C15H14FN3O2S/c1-8-18-12(15(21)19-7-6-11(19)14(17)20)13(22-8)9-2-4-10(16)5-3-9/h2-5,11H,6-7H2,1H3,(H2,17,20). The lowest BCUT2D eigenvalue weighted by molar-refractivity contribution is -0.125. The molecule has 1 aromatic heterocycles. The van der Waals surface area contributed by atoms with Gasteiger partial charge in [0.1, 0.15) is 17.6 Å². The molecule has 0 bridgehead atoms. The number of primary amides is 1. The molecule has 1 aliphatic rings. The lowest BCUT2D eigenvalue weighted by Gasteiger charge is -2.38. The Labute approximate surface area is 130 Å². The smallest absolute Gasteiger partial charge is 0.274 e. The molecule has 0 radical (unpaired) electrons. The third-order valence-corrected chi connectivity index (χ3v) is 4.67. The Kier molecular flexibility index (Phi) is 3.66. The molecule has 22 heavy (non-hydrogen) atoms. The lowest BCUT2D eigenvalue weighted by atomic mass is 10.0. The number of likely N-dealkylation sites (tertiary alicyclic amines) is 1. The summed E-state index contributed by atoms with van der Waals surface area (Å²) in [5.74, 6) is -1.15. The monoisotopic (exact) mass is 319 g/mol. The van der Waals surface area contributed by atoms with Crippen LogP contribution in [0.2, 0.25) is 0 Å². The van der Waals surface area contributed by atoms with Gasteiger partial charge in [0.2, 0.25) is 5.91 Å². The van der Waals surface area contributed by atoms with Gasteiger partial charge in [-0.05, 0) is 31.0 Å². The molecule has 1 unspecified atom stereocenters. The van der Waals surface area contributed by atoms with Crippen molar-refractivity contribution in [2.24, 2.45) is 5.73 Å². The second-order valence-electron chi connectivity index (χ2n) is 5.12. The molecule has 2 amide bonds. The summed E-state index contributed by atoms with van der Waals surface area (Å²) < 4.78 is 13.1. The molecule has 2 heterocycles. The largest absolute Gasteiger partial charge is 0.368 e. The van der Waals surface area contributed by atoms with Gasteiger partial charge in [0.05, 0.1) is 9.88 Å². The van der Waals surface area contributed by atoms with Crippen molar-refractivity contribution < 1.29 is 14.0 Å². The van der Waals surface area contributed by atoms with E-state index in [2.05, 4.69) is 4.98 Å². The van der Waals surface area contributed by atoms with Crippen LogP contribution < -0.4 is 5.73 Å². The van der Waals surface area contributed by atoms with Crippen molar-refractivity contribution in [1.29, 1.82) is 0 Å². The Morgan fingerprint density at radius 2 is 2.05 bits per heavy atom. The fourth-order valence-corrected chi connectivity index (χ4v) is 3.35. The molecule has 0 spiro atoms. The summed E-state index contributed by atoms with van der Waals surface area (Å²) in [6, 6.07) is 5.35. The van der Waals surface area contributed by atoms with Gasteiger partial charge in [0.15, 0.2) is 0 Å². The first-order valence-corrected chi connectivity index (χ1v) is 7.62. The number of aromatic nitrogens is 1. The number of carbonyl (C=O) groups excluding carboxylic acids is 2. The fourth-order valence-electron chi connectivity index (χ4n) is 2.43. The zero-order valence-corrected chi connectivity index (χ0v) is 12.7. The Morgan fingerprint density at radius 1 is 1.36 bits per heavy atom. The zero-order chi connectivity index (χ0) is 15.9. The molecule has 0 aliphatic carbocycles. The van der Waals surface area contributed by atoms with Crippen LogP contribution in [0.4, 0.5) is 4.39 Å². The van der Waals surface area contributed by atoms with E-state index in [9.17, 15) is 14.0 Å². The summed E-state index contributed by atoms with van der Waals surface area (Å²) in [6.07, 6.45) is 0.579. The van der Waals surface area contributed by atoms with Crippen molar-refractivity contribution in [1.82, 2.24) is 9.88 Å². The van der Waals surface area contributed by atoms with Crippen molar-refractivity contribution in [2.45, 2.75) is 19.4 Å². The van der Waals surface area contributed by atoms with Crippen LogP contribution in [0.15, 0.2) is 24.3 Å². The topological polar surface area (TPSA) is 76.3 Å². The lowest BCUT2D eigenvalue weighted by Crippen LogP contribution is -2.57. The predicted octanol–water partition coefficient (Wildman–Crippen LogP) is 1.96. The first kappa shape index (κ1) is 14.6. The van der Waals surface area contributed by atoms with Crippen LogP contribution in [0, 0.1) is 12.7 Å². The first-order chi connectivity index (χ1) is 10.5. The van der Waals surface area contributed by atoms with E-state index < -0.39 is 11.9 Å². The van der Waals surface area contributed by atoms with E-state index in [0.29, 0.717) is 23.5 Å². The number of thiazole rings is 1. The van der Waals surface area contributed by atoms with Crippen LogP contribution in [0.25, 0.3) is 10.4 Å². The van der Waals surface area contributed by atoms with Gasteiger partial charge in [-0.3, -0.25) is 9.59 Å². The number of nitrogens with two attached hydrogens (primary N) is 1. The Hall–Kier alpha value is -2.28.